The molecule has 19 heavy (non-hydrogen) atoms. The zero-order valence-electron chi connectivity index (χ0n) is 11.8. The van der Waals surface area contributed by atoms with E-state index in [0.717, 1.165) is 23.0 Å². The van der Waals surface area contributed by atoms with Crippen molar-refractivity contribution in [2.24, 2.45) is 11.7 Å². The second kappa shape index (κ2) is 6.33. The van der Waals surface area contributed by atoms with E-state index in [9.17, 15) is 0 Å². The highest BCUT2D eigenvalue weighted by Gasteiger charge is 2.23. The number of hydrogen-bond acceptors (Lipinski definition) is 3. The number of nitrogens with two attached hydrogens (primary N) is 1. The summed E-state index contributed by atoms with van der Waals surface area (Å²) in [4.78, 5) is 4.99. The Kier molecular flexibility index (Phi) is 4.75. The van der Waals surface area contributed by atoms with Crippen molar-refractivity contribution in [3.63, 3.8) is 0 Å². The van der Waals surface area contributed by atoms with Gasteiger partial charge in [-0.15, -0.1) is 0 Å². The Balaban J connectivity index is 2.15. The number of hydrogen-bond donors (Lipinski definition) is 2. The molecule has 1 aliphatic rings. The molecule has 2 atom stereocenters. The minimum absolute atomic E-state index is 0.434. The zero-order chi connectivity index (χ0) is 13.8. The van der Waals surface area contributed by atoms with Crippen LogP contribution in [-0.4, -0.2) is 16.0 Å². The van der Waals surface area contributed by atoms with E-state index in [1.807, 2.05) is 19.1 Å². The van der Waals surface area contributed by atoms with Crippen LogP contribution >= 0.6 is 12.2 Å². The van der Waals surface area contributed by atoms with E-state index in [1.54, 1.807) is 0 Å². The van der Waals surface area contributed by atoms with E-state index < -0.39 is 0 Å². The molecule has 1 aromatic heterocycles. The summed E-state index contributed by atoms with van der Waals surface area (Å²) in [5.74, 6) is 1.66. The summed E-state index contributed by atoms with van der Waals surface area (Å²) in [6.45, 7) is 4.25. The van der Waals surface area contributed by atoms with Crippen LogP contribution in [0.4, 0.5) is 5.82 Å². The minimum atomic E-state index is 0.434. The molecule has 1 saturated carbocycles. The van der Waals surface area contributed by atoms with E-state index in [2.05, 4.69) is 17.2 Å². The van der Waals surface area contributed by atoms with Gasteiger partial charge in [-0.2, -0.15) is 0 Å². The molecule has 0 amide bonds. The van der Waals surface area contributed by atoms with Gasteiger partial charge in [-0.05, 0) is 37.8 Å². The average Bonchev–Trinajstić information content (AvgIpc) is 2.38. The van der Waals surface area contributed by atoms with Gasteiger partial charge in [-0.1, -0.05) is 38.4 Å². The quantitative estimate of drug-likeness (QED) is 0.828. The van der Waals surface area contributed by atoms with Crippen LogP contribution in [0, 0.1) is 12.8 Å². The van der Waals surface area contributed by atoms with Gasteiger partial charge in [0, 0.05) is 17.3 Å². The summed E-state index contributed by atoms with van der Waals surface area (Å²) in [6.07, 6.45) is 6.45. The summed E-state index contributed by atoms with van der Waals surface area (Å²) in [6, 6.07) is 4.44. The number of aromatic nitrogens is 1. The van der Waals surface area contributed by atoms with E-state index in [0.29, 0.717) is 11.0 Å². The molecule has 1 fully saturated rings. The Bertz CT molecular complexity index is 459. The van der Waals surface area contributed by atoms with Crippen LogP contribution in [0.3, 0.4) is 0 Å². The highest BCUT2D eigenvalue weighted by Crippen LogP contribution is 2.29. The zero-order valence-corrected chi connectivity index (χ0v) is 12.6. The Labute approximate surface area is 121 Å². The molecule has 2 rings (SSSR count). The van der Waals surface area contributed by atoms with Gasteiger partial charge < -0.3 is 11.1 Å². The van der Waals surface area contributed by atoms with Crippen LogP contribution in [0.5, 0.6) is 0 Å². The molecule has 0 saturated heterocycles. The molecule has 3 nitrogen and oxygen atoms in total. The van der Waals surface area contributed by atoms with Crippen LogP contribution in [-0.2, 0) is 0 Å². The highest BCUT2D eigenvalue weighted by atomic mass is 32.1. The number of nitrogens with zero attached hydrogens (tertiary/aromatic N) is 1. The number of aryl methyl sites for hydroxylation is 1. The molecule has 0 aliphatic heterocycles. The largest absolute Gasteiger partial charge is 0.389 e. The van der Waals surface area contributed by atoms with E-state index in [1.165, 1.54) is 32.1 Å². The number of anilines is 1. The van der Waals surface area contributed by atoms with Crippen molar-refractivity contribution in [1.82, 2.24) is 4.98 Å². The van der Waals surface area contributed by atoms with Gasteiger partial charge in [0.15, 0.2) is 0 Å². The van der Waals surface area contributed by atoms with Gasteiger partial charge in [0.05, 0.1) is 0 Å². The normalized spacial score (nSPS) is 23.1. The predicted molar refractivity (Wildman–Crippen MR) is 84.5 cm³/mol. The number of thiocarbonyl (C=S) groups is 1. The number of pyridine rings is 1. The fraction of sp³-hybridized carbons (Fsp3) is 0.600. The fourth-order valence-corrected chi connectivity index (χ4v) is 3.08. The molecule has 104 valence electrons. The van der Waals surface area contributed by atoms with Gasteiger partial charge in [-0.3, -0.25) is 0 Å². The lowest BCUT2D eigenvalue weighted by atomic mass is 9.83. The van der Waals surface area contributed by atoms with Crippen LogP contribution in [0.25, 0.3) is 0 Å². The van der Waals surface area contributed by atoms with Gasteiger partial charge in [0.1, 0.15) is 10.8 Å². The molecule has 0 bridgehead atoms. The van der Waals surface area contributed by atoms with Crippen molar-refractivity contribution < 1.29 is 0 Å². The Morgan fingerprint density at radius 3 is 2.84 bits per heavy atom. The highest BCUT2D eigenvalue weighted by molar-refractivity contribution is 7.80. The van der Waals surface area contributed by atoms with Crippen molar-refractivity contribution in [3.8, 4) is 0 Å². The van der Waals surface area contributed by atoms with Gasteiger partial charge in [0.25, 0.3) is 0 Å². The molecule has 1 aliphatic carbocycles. The second-order valence-electron chi connectivity index (χ2n) is 5.45. The molecule has 4 heteroatoms. The smallest absolute Gasteiger partial charge is 0.127 e. The van der Waals surface area contributed by atoms with E-state index in [-0.39, 0.29) is 0 Å². The molecule has 3 N–H and O–H groups in total. The van der Waals surface area contributed by atoms with Crippen molar-refractivity contribution in [3.05, 3.63) is 23.4 Å². The first-order valence-corrected chi connectivity index (χ1v) is 7.56. The third-order valence-corrected chi connectivity index (χ3v) is 4.24. The fourth-order valence-electron chi connectivity index (χ4n) is 2.96. The maximum atomic E-state index is 5.71. The Morgan fingerprint density at radius 2 is 2.16 bits per heavy atom. The summed E-state index contributed by atoms with van der Waals surface area (Å²) in [5, 5.41) is 3.59. The third kappa shape index (κ3) is 3.66. The van der Waals surface area contributed by atoms with Crippen molar-refractivity contribution in [1.29, 1.82) is 0 Å². The van der Waals surface area contributed by atoms with Gasteiger partial charge >= 0.3 is 0 Å². The standard InChI is InChI=1S/C15H23N3S/c1-3-11-6-4-5-7-13(11)18-14-9-12(15(16)19)8-10(2)17-14/h8-9,11,13H,3-7H2,1-2H3,(H2,16,19)(H,17,18). The molecular formula is C15H23N3S. The van der Waals surface area contributed by atoms with Gasteiger partial charge in [0.2, 0.25) is 0 Å². The lowest BCUT2D eigenvalue weighted by Gasteiger charge is -2.32. The molecule has 1 heterocycles. The molecule has 0 spiro atoms. The van der Waals surface area contributed by atoms with Crippen molar-refractivity contribution in [2.45, 2.75) is 52.0 Å². The Morgan fingerprint density at radius 1 is 1.42 bits per heavy atom. The molecular weight excluding hydrogens is 254 g/mol. The second-order valence-corrected chi connectivity index (χ2v) is 5.89. The van der Waals surface area contributed by atoms with Crippen molar-refractivity contribution >= 4 is 23.0 Å². The topological polar surface area (TPSA) is 50.9 Å². The summed E-state index contributed by atoms with van der Waals surface area (Å²) >= 11 is 5.05. The summed E-state index contributed by atoms with van der Waals surface area (Å²) in [5.41, 5.74) is 7.57. The van der Waals surface area contributed by atoms with E-state index in [4.69, 9.17) is 18.0 Å². The third-order valence-electron chi connectivity index (χ3n) is 4.00. The summed E-state index contributed by atoms with van der Waals surface area (Å²) in [7, 11) is 0. The van der Waals surface area contributed by atoms with Crippen LogP contribution in [0.15, 0.2) is 12.1 Å². The van der Waals surface area contributed by atoms with Crippen LogP contribution in [0.1, 0.15) is 50.3 Å². The monoisotopic (exact) mass is 277 g/mol. The van der Waals surface area contributed by atoms with Gasteiger partial charge in [-0.25, -0.2) is 4.98 Å². The average molecular weight is 277 g/mol. The number of nitrogens with one attached hydrogen (secondary N) is 1. The maximum absolute atomic E-state index is 5.71. The van der Waals surface area contributed by atoms with Crippen LogP contribution < -0.4 is 11.1 Å². The van der Waals surface area contributed by atoms with Crippen LogP contribution in [0.2, 0.25) is 0 Å². The Hall–Kier alpha value is -1.16. The summed E-state index contributed by atoms with van der Waals surface area (Å²) < 4.78 is 0. The van der Waals surface area contributed by atoms with E-state index >= 15 is 0 Å². The minimum Gasteiger partial charge on any atom is -0.389 e. The first kappa shape index (κ1) is 14.3. The molecule has 2 unspecified atom stereocenters. The molecule has 1 aromatic rings. The maximum Gasteiger partial charge on any atom is 0.127 e. The SMILES string of the molecule is CCC1CCCCC1Nc1cc(C(N)=S)cc(C)n1. The van der Waals surface area contributed by atoms with Crippen molar-refractivity contribution in [2.75, 3.05) is 5.32 Å². The first-order valence-electron chi connectivity index (χ1n) is 7.15. The predicted octanol–water partition coefficient (Wildman–Crippen LogP) is 3.40. The first-order chi connectivity index (χ1) is 9.10. The molecule has 0 radical (unpaired) electrons. The number of rotatable bonds is 4. The lowest BCUT2D eigenvalue weighted by Crippen LogP contribution is -2.32. The molecule has 0 aromatic carbocycles. The lowest BCUT2D eigenvalue weighted by molar-refractivity contribution is 0.317.